The number of carbonyl (C=O) groups is 1. The van der Waals surface area contributed by atoms with Crippen molar-refractivity contribution >= 4 is 28.7 Å². The van der Waals surface area contributed by atoms with E-state index in [1.807, 2.05) is 29.2 Å². The minimum atomic E-state index is -0.102. The summed E-state index contributed by atoms with van der Waals surface area (Å²) >= 11 is 6.36. The number of aromatic amines is 1. The summed E-state index contributed by atoms with van der Waals surface area (Å²) in [5.74, 6) is -0.102. The molecule has 8 heteroatoms. The fourth-order valence-electron chi connectivity index (χ4n) is 3.16. The van der Waals surface area contributed by atoms with Gasteiger partial charge in [-0.3, -0.25) is 9.69 Å². The molecule has 2 aromatic heterocycles. The molecule has 0 saturated carbocycles. The number of hydrogen-bond acceptors (Lipinski definition) is 5. The zero-order chi connectivity index (χ0) is 17.4. The highest BCUT2D eigenvalue weighted by molar-refractivity contribution is 6.31. The van der Waals surface area contributed by atoms with Crippen LogP contribution in [0.1, 0.15) is 22.1 Å². The van der Waals surface area contributed by atoms with Crippen molar-refractivity contribution in [3.05, 3.63) is 52.7 Å². The number of nitrogens with zero attached hydrogens (tertiary/aromatic N) is 5. The molecule has 1 fully saturated rings. The quantitative estimate of drug-likeness (QED) is 0.761. The molecular formula is C17H17ClN6O. The molecule has 1 atom stereocenters. The number of aromatic nitrogens is 4. The molecule has 1 aromatic carbocycles. The number of hydrogen-bond donors (Lipinski definition) is 1. The smallest absolute Gasteiger partial charge is 0.272 e. The number of pyridine rings is 1. The first-order valence-electron chi connectivity index (χ1n) is 8.05. The summed E-state index contributed by atoms with van der Waals surface area (Å²) in [7, 11) is 2.05. The molecule has 1 N–H and O–H groups in total. The van der Waals surface area contributed by atoms with E-state index in [1.165, 1.54) is 0 Å². The second-order valence-corrected chi connectivity index (χ2v) is 6.54. The van der Waals surface area contributed by atoms with E-state index in [0.29, 0.717) is 29.9 Å². The highest BCUT2D eigenvalue weighted by Gasteiger charge is 2.30. The highest BCUT2D eigenvalue weighted by atomic mass is 35.5. The van der Waals surface area contributed by atoms with Gasteiger partial charge in [0.2, 0.25) is 5.65 Å². The van der Waals surface area contributed by atoms with Gasteiger partial charge in [0, 0.05) is 24.7 Å². The van der Waals surface area contributed by atoms with Crippen molar-refractivity contribution in [1.29, 1.82) is 0 Å². The molecule has 0 radical (unpaired) electrons. The standard InChI is InChI=1S/C17H17ClN6O/c1-23-8-9-24(10-15(23)11-4-2-3-5-12(11)18)17(25)14-7-6-13-16(19-14)21-22-20-13/h2-7,15H,8-10H2,1H3,(H,19,20,21,22). The Morgan fingerprint density at radius 3 is 2.88 bits per heavy atom. The highest BCUT2D eigenvalue weighted by Crippen LogP contribution is 2.30. The van der Waals surface area contributed by atoms with Crippen molar-refractivity contribution in [1.82, 2.24) is 30.2 Å². The number of nitrogens with one attached hydrogen (secondary N) is 1. The normalized spacial score (nSPS) is 18.6. The predicted octanol–water partition coefficient (Wildman–Crippen LogP) is 2.14. The minimum Gasteiger partial charge on any atom is -0.334 e. The number of likely N-dealkylation sites (N-methyl/N-ethyl adjacent to an activating group) is 1. The molecule has 1 unspecified atom stereocenters. The van der Waals surface area contributed by atoms with Gasteiger partial charge in [-0.15, -0.1) is 5.10 Å². The lowest BCUT2D eigenvalue weighted by Gasteiger charge is -2.39. The molecule has 25 heavy (non-hydrogen) atoms. The van der Waals surface area contributed by atoms with E-state index < -0.39 is 0 Å². The molecule has 3 heterocycles. The van der Waals surface area contributed by atoms with E-state index in [-0.39, 0.29) is 11.9 Å². The van der Waals surface area contributed by atoms with Gasteiger partial charge in [0.05, 0.1) is 6.04 Å². The second kappa shape index (κ2) is 6.42. The second-order valence-electron chi connectivity index (χ2n) is 6.13. The van der Waals surface area contributed by atoms with Crippen LogP contribution in [0.15, 0.2) is 36.4 Å². The maximum Gasteiger partial charge on any atom is 0.272 e. The summed E-state index contributed by atoms with van der Waals surface area (Å²) in [6.07, 6.45) is 0. The topological polar surface area (TPSA) is 78.0 Å². The summed E-state index contributed by atoms with van der Waals surface area (Å²) in [6.45, 7) is 1.99. The Morgan fingerprint density at radius 2 is 2.04 bits per heavy atom. The third kappa shape index (κ3) is 2.96. The molecule has 1 aliphatic heterocycles. The molecule has 128 valence electrons. The fourth-order valence-corrected chi connectivity index (χ4v) is 3.42. The first-order chi connectivity index (χ1) is 12.1. The van der Waals surface area contributed by atoms with Gasteiger partial charge >= 0.3 is 0 Å². The average Bonchev–Trinajstić information content (AvgIpc) is 3.10. The lowest BCUT2D eigenvalue weighted by atomic mass is 10.0. The van der Waals surface area contributed by atoms with Gasteiger partial charge in [-0.25, -0.2) is 4.98 Å². The summed E-state index contributed by atoms with van der Waals surface area (Å²) in [4.78, 5) is 21.2. The fraction of sp³-hybridized carbons (Fsp3) is 0.294. The predicted molar refractivity (Wildman–Crippen MR) is 94.4 cm³/mol. The maximum atomic E-state index is 12.9. The lowest BCUT2D eigenvalue weighted by molar-refractivity contribution is 0.0541. The lowest BCUT2D eigenvalue weighted by Crippen LogP contribution is -2.49. The Hall–Kier alpha value is -2.51. The Labute approximate surface area is 149 Å². The van der Waals surface area contributed by atoms with E-state index in [9.17, 15) is 4.79 Å². The van der Waals surface area contributed by atoms with Gasteiger partial charge in [-0.05, 0) is 30.8 Å². The van der Waals surface area contributed by atoms with Crippen LogP contribution >= 0.6 is 11.6 Å². The van der Waals surface area contributed by atoms with Crippen LogP contribution in [0.25, 0.3) is 11.2 Å². The van der Waals surface area contributed by atoms with Crippen molar-refractivity contribution in [3.8, 4) is 0 Å². The van der Waals surface area contributed by atoms with Gasteiger partial charge in [-0.1, -0.05) is 29.8 Å². The van der Waals surface area contributed by atoms with Crippen LogP contribution in [-0.4, -0.2) is 62.8 Å². The first kappa shape index (κ1) is 16.0. The molecular weight excluding hydrogens is 340 g/mol. The van der Waals surface area contributed by atoms with Gasteiger partial charge in [-0.2, -0.15) is 10.3 Å². The van der Waals surface area contributed by atoms with Crippen LogP contribution in [0.4, 0.5) is 0 Å². The molecule has 3 aromatic rings. The number of carbonyl (C=O) groups excluding carboxylic acids is 1. The van der Waals surface area contributed by atoms with Crippen molar-refractivity contribution in [2.75, 3.05) is 26.7 Å². The number of H-pyrrole nitrogens is 1. The first-order valence-corrected chi connectivity index (χ1v) is 8.43. The largest absolute Gasteiger partial charge is 0.334 e. The van der Waals surface area contributed by atoms with E-state index in [1.54, 1.807) is 12.1 Å². The minimum absolute atomic E-state index is 0.0576. The number of fused-ring (bicyclic) bond motifs is 1. The van der Waals surface area contributed by atoms with Crippen LogP contribution in [0.2, 0.25) is 5.02 Å². The van der Waals surface area contributed by atoms with E-state index in [0.717, 1.165) is 17.1 Å². The van der Waals surface area contributed by atoms with Gasteiger partial charge in [0.25, 0.3) is 5.91 Å². The molecule has 4 rings (SSSR count). The van der Waals surface area contributed by atoms with Crippen molar-refractivity contribution < 1.29 is 4.79 Å². The zero-order valence-electron chi connectivity index (χ0n) is 13.7. The summed E-state index contributed by atoms with van der Waals surface area (Å²) in [5.41, 5.74) is 2.50. The van der Waals surface area contributed by atoms with E-state index in [4.69, 9.17) is 11.6 Å². The molecule has 0 aliphatic carbocycles. The third-order valence-electron chi connectivity index (χ3n) is 4.60. The Balaban J connectivity index is 1.60. The number of rotatable bonds is 2. The SMILES string of the molecule is CN1CCN(C(=O)c2ccc3n[nH]nc3n2)CC1c1ccccc1Cl. The average molecular weight is 357 g/mol. The van der Waals surface area contributed by atoms with Crippen LogP contribution < -0.4 is 0 Å². The van der Waals surface area contributed by atoms with Crippen molar-refractivity contribution in [2.24, 2.45) is 0 Å². The molecule has 0 bridgehead atoms. The van der Waals surface area contributed by atoms with Gasteiger partial charge < -0.3 is 4.90 Å². The van der Waals surface area contributed by atoms with Crippen molar-refractivity contribution in [3.63, 3.8) is 0 Å². The molecule has 1 saturated heterocycles. The number of amides is 1. The monoisotopic (exact) mass is 356 g/mol. The zero-order valence-corrected chi connectivity index (χ0v) is 14.4. The summed E-state index contributed by atoms with van der Waals surface area (Å²) < 4.78 is 0. The van der Waals surface area contributed by atoms with E-state index >= 15 is 0 Å². The third-order valence-corrected chi connectivity index (χ3v) is 4.94. The van der Waals surface area contributed by atoms with Crippen LogP contribution in [-0.2, 0) is 0 Å². The number of benzene rings is 1. The van der Waals surface area contributed by atoms with E-state index in [2.05, 4.69) is 32.3 Å². The molecule has 1 amide bonds. The van der Waals surface area contributed by atoms with Crippen LogP contribution in [0.3, 0.4) is 0 Å². The molecule has 1 aliphatic rings. The van der Waals surface area contributed by atoms with Gasteiger partial charge in [0.1, 0.15) is 11.2 Å². The summed E-state index contributed by atoms with van der Waals surface area (Å²) in [6, 6.07) is 11.3. The van der Waals surface area contributed by atoms with Crippen LogP contribution in [0.5, 0.6) is 0 Å². The Morgan fingerprint density at radius 1 is 1.20 bits per heavy atom. The number of halogens is 1. The van der Waals surface area contributed by atoms with Crippen molar-refractivity contribution in [2.45, 2.75) is 6.04 Å². The Bertz CT molecular complexity index is 926. The number of piperazine rings is 1. The van der Waals surface area contributed by atoms with Crippen LogP contribution in [0, 0.1) is 0 Å². The summed E-state index contributed by atoms with van der Waals surface area (Å²) in [5, 5.41) is 11.1. The molecule has 7 nitrogen and oxygen atoms in total. The maximum absolute atomic E-state index is 12.9. The molecule has 0 spiro atoms. The van der Waals surface area contributed by atoms with Gasteiger partial charge in [0.15, 0.2) is 0 Å². The Kier molecular flexibility index (Phi) is 4.10.